The van der Waals surface area contributed by atoms with Crippen LogP contribution in [0.15, 0.2) is 0 Å². The molecule has 2 atom stereocenters. The number of likely N-dealkylation sites (N-methyl/N-ethyl adjacent to an activating group) is 1. The maximum absolute atomic E-state index is 10.8. The maximum atomic E-state index is 10.8. The smallest absolute Gasteiger partial charge is 0.322 e. The van der Waals surface area contributed by atoms with Crippen LogP contribution in [0.5, 0.6) is 0 Å². The van der Waals surface area contributed by atoms with E-state index in [0.717, 1.165) is 26.1 Å². The molecule has 2 unspecified atom stereocenters. The number of likely N-dealkylation sites (tertiary alicyclic amines) is 1. The lowest BCUT2D eigenvalue weighted by molar-refractivity contribution is -0.139. The van der Waals surface area contributed by atoms with Gasteiger partial charge in [0.1, 0.15) is 6.04 Å². The Morgan fingerprint density at radius 1 is 1.73 bits per heavy atom. The van der Waals surface area contributed by atoms with E-state index in [2.05, 4.69) is 10.2 Å². The molecule has 15 heavy (non-hydrogen) atoms. The fourth-order valence-corrected chi connectivity index (χ4v) is 2.00. The molecule has 1 saturated heterocycles. The van der Waals surface area contributed by atoms with E-state index in [1.54, 1.807) is 14.2 Å². The average molecular weight is 216 g/mol. The van der Waals surface area contributed by atoms with Crippen molar-refractivity contribution in [3.8, 4) is 0 Å². The predicted molar refractivity (Wildman–Crippen MR) is 56.9 cm³/mol. The molecule has 5 nitrogen and oxygen atoms in total. The molecule has 88 valence electrons. The number of hydrogen-bond acceptors (Lipinski definition) is 4. The molecule has 2 N–H and O–H groups in total. The van der Waals surface area contributed by atoms with Gasteiger partial charge >= 0.3 is 5.97 Å². The molecule has 1 heterocycles. The van der Waals surface area contributed by atoms with Crippen molar-refractivity contribution in [2.24, 2.45) is 5.92 Å². The van der Waals surface area contributed by atoms with Gasteiger partial charge in [0.2, 0.25) is 0 Å². The van der Waals surface area contributed by atoms with Gasteiger partial charge in [-0.25, -0.2) is 0 Å². The van der Waals surface area contributed by atoms with Crippen LogP contribution in [0.2, 0.25) is 0 Å². The number of carboxylic acid groups (broad SMARTS) is 1. The molecule has 0 aromatic carbocycles. The van der Waals surface area contributed by atoms with E-state index in [9.17, 15) is 4.79 Å². The minimum Gasteiger partial charge on any atom is -0.480 e. The summed E-state index contributed by atoms with van der Waals surface area (Å²) >= 11 is 0. The van der Waals surface area contributed by atoms with Crippen molar-refractivity contribution in [2.75, 3.05) is 40.4 Å². The van der Waals surface area contributed by atoms with Gasteiger partial charge in [-0.3, -0.25) is 4.79 Å². The van der Waals surface area contributed by atoms with E-state index < -0.39 is 12.0 Å². The average Bonchev–Trinajstić information content (AvgIpc) is 2.62. The first-order chi connectivity index (χ1) is 7.17. The number of nitrogens with one attached hydrogen (secondary N) is 1. The highest BCUT2D eigenvalue weighted by Crippen LogP contribution is 2.16. The standard InChI is InChI=1S/C10H20N2O3/c1-11-9(10(13)14)6-12-4-3-8(5-12)7-15-2/h8-9,11H,3-7H2,1-2H3,(H,13,14). The molecule has 1 fully saturated rings. The monoisotopic (exact) mass is 216 g/mol. The summed E-state index contributed by atoms with van der Waals surface area (Å²) in [4.78, 5) is 13.0. The first-order valence-corrected chi connectivity index (χ1v) is 5.28. The molecular formula is C10H20N2O3. The van der Waals surface area contributed by atoms with Gasteiger partial charge in [0.05, 0.1) is 6.61 Å². The van der Waals surface area contributed by atoms with E-state index in [-0.39, 0.29) is 0 Å². The third-order valence-electron chi connectivity index (χ3n) is 2.86. The maximum Gasteiger partial charge on any atom is 0.322 e. The Balaban J connectivity index is 2.31. The Morgan fingerprint density at radius 3 is 3.00 bits per heavy atom. The van der Waals surface area contributed by atoms with E-state index in [0.29, 0.717) is 12.5 Å². The summed E-state index contributed by atoms with van der Waals surface area (Å²) < 4.78 is 5.09. The number of aliphatic carboxylic acids is 1. The van der Waals surface area contributed by atoms with Crippen LogP contribution in [-0.2, 0) is 9.53 Å². The second-order valence-electron chi connectivity index (χ2n) is 4.05. The van der Waals surface area contributed by atoms with Crippen molar-refractivity contribution in [2.45, 2.75) is 12.5 Å². The van der Waals surface area contributed by atoms with Gasteiger partial charge in [-0.15, -0.1) is 0 Å². The summed E-state index contributed by atoms with van der Waals surface area (Å²) in [6.45, 7) is 3.26. The van der Waals surface area contributed by atoms with Crippen LogP contribution < -0.4 is 5.32 Å². The Hall–Kier alpha value is -0.650. The normalized spacial score (nSPS) is 24.3. The van der Waals surface area contributed by atoms with Crippen LogP contribution in [0.3, 0.4) is 0 Å². The highest BCUT2D eigenvalue weighted by Gasteiger charge is 2.26. The zero-order valence-corrected chi connectivity index (χ0v) is 9.40. The van der Waals surface area contributed by atoms with Crippen LogP contribution in [-0.4, -0.2) is 62.4 Å². The summed E-state index contributed by atoms with van der Waals surface area (Å²) in [6, 6.07) is -0.466. The van der Waals surface area contributed by atoms with E-state index >= 15 is 0 Å². The molecule has 0 saturated carbocycles. The predicted octanol–water partition coefficient (Wildman–Crippen LogP) is -0.373. The van der Waals surface area contributed by atoms with Crippen molar-refractivity contribution in [3.05, 3.63) is 0 Å². The SMILES string of the molecule is CNC(CN1CCC(COC)C1)C(=O)O. The van der Waals surface area contributed by atoms with Crippen LogP contribution >= 0.6 is 0 Å². The Labute approximate surface area is 90.4 Å². The summed E-state index contributed by atoms with van der Waals surface area (Å²) in [6.07, 6.45) is 1.10. The topological polar surface area (TPSA) is 61.8 Å². The lowest BCUT2D eigenvalue weighted by Crippen LogP contribution is -2.44. The summed E-state index contributed by atoms with van der Waals surface area (Å²) in [5.41, 5.74) is 0. The van der Waals surface area contributed by atoms with Crippen LogP contribution in [0.25, 0.3) is 0 Å². The van der Waals surface area contributed by atoms with Gasteiger partial charge in [-0.2, -0.15) is 0 Å². The lowest BCUT2D eigenvalue weighted by Gasteiger charge is -2.20. The molecule has 0 amide bonds. The zero-order chi connectivity index (χ0) is 11.3. The number of carboxylic acids is 1. The minimum atomic E-state index is -0.785. The van der Waals surface area contributed by atoms with Gasteiger partial charge < -0.3 is 20.1 Å². The fraction of sp³-hybridized carbons (Fsp3) is 0.900. The minimum absolute atomic E-state index is 0.466. The third-order valence-corrected chi connectivity index (χ3v) is 2.86. The van der Waals surface area contributed by atoms with E-state index in [1.165, 1.54) is 0 Å². The number of nitrogens with zero attached hydrogens (tertiary/aromatic N) is 1. The Kier molecular flexibility index (Phi) is 5.01. The van der Waals surface area contributed by atoms with Crippen molar-refractivity contribution < 1.29 is 14.6 Å². The van der Waals surface area contributed by atoms with E-state index in [4.69, 9.17) is 9.84 Å². The Bertz CT molecular complexity index is 211. The molecule has 0 bridgehead atoms. The number of rotatable bonds is 6. The molecule has 1 aliphatic heterocycles. The van der Waals surface area contributed by atoms with E-state index in [1.807, 2.05) is 0 Å². The lowest BCUT2D eigenvalue weighted by atomic mass is 10.1. The second-order valence-corrected chi connectivity index (χ2v) is 4.05. The van der Waals surface area contributed by atoms with Crippen LogP contribution in [0.4, 0.5) is 0 Å². The van der Waals surface area contributed by atoms with Crippen LogP contribution in [0, 0.1) is 5.92 Å². The Morgan fingerprint density at radius 2 is 2.47 bits per heavy atom. The largest absolute Gasteiger partial charge is 0.480 e. The number of methoxy groups -OCH3 is 1. The highest BCUT2D eigenvalue weighted by atomic mass is 16.5. The summed E-state index contributed by atoms with van der Waals surface area (Å²) in [5, 5.41) is 11.7. The van der Waals surface area contributed by atoms with Gasteiger partial charge in [0.15, 0.2) is 0 Å². The van der Waals surface area contributed by atoms with Crippen molar-refractivity contribution in [3.63, 3.8) is 0 Å². The van der Waals surface area contributed by atoms with Gasteiger partial charge in [0, 0.05) is 20.2 Å². The highest BCUT2D eigenvalue weighted by molar-refractivity contribution is 5.73. The summed E-state index contributed by atoms with van der Waals surface area (Å²) in [5.74, 6) is -0.228. The molecular weight excluding hydrogens is 196 g/mol. The fourth-order valence-electron chi connectivity index (χ4n) is 2.00. The molecule has 0 aliphatic carbocycles. The second kappa shape index (κ2) is 6.05. The van der Waals surface area contributed by atoms with Crippen molar-refractivity contribution in [1.29, 1.82) is 0 Å². The van der Waals surface area contributed by atoms with Crippen molar-refractivity contribution >= 4 is 5.97 Å². The first-order valence-electron chi connectivity index (χ1n) is 5.28. The molecule has 0 spiro atoms. The van der Waals surface area contributed by atoms with Gasteiger partial charge in [0.25, 0.3) is 0 Å². The summed E-state index contributed by atoms with van der Waals surface area (Å²) in [7, 11) is 3.39. The molecule has 1 rings (SSSR count). The molecule has 0 radical (unpaired) electrons. The zero-order valence-electron chi connectivity index (χ0n) is 9.40. The first kappa shape index (κ1) is 12.4. The molecule has 1 aliphatic rings. The third kappa shape index (κ3) is 3.77. The van der Waals surface area contributed by atoms with Gasteiger partial charge in [-0.05, 0) is 25.9 Å². The quantitative estimate of drug-likeness (QED) is 0.634. The molecule has 0 aromatic rings. The van der Waals surface area contributed by atoms with Gasteiger partial charge in [-0.1, -0.05) is 0 Å². The molecule has 5 heteroatoms. The molecule has 0 aromatic heterocycles. The number of hydrogen-bond donors (Lipinski definition) is 2. The van der Waals surface area contributed by atoms with Crippen LogP contribution in [0.1, 0.15) is 6.42 Å². The number of ether oxygens (including phenoxy) is 1. The van der Waals surface area contributed by atoms with Crippen molar-refractivity contribution in [1.82, 2.24) is 10.2 Å². The number of carbonyl (C=O) groups is 1.